The number of hydrogen-bond acceptors (Lipinski definition) is 2. The third kappa shape index (κ3) is 1.26. The molecule has 0 saturated heterocycles. The van der Waals surface area contributed by atoms with E-state index in [1.54, 1.807) is 0 Å². The minimum absolute atomic E-state index is 0.134. The van der Waals surface area contributed by atoms with Crippen molar-refractivity contribution in [3.05, 3.63) is 28.4 Å². The van der Waals surface area contributed by atoms with Crippen molar-refractivity contribution in [1.82, 2.24) is 9.78 Å². The summed E-state index contributed by atoms with van der Waals surface area (Å²) in [4.78, 5) is 0. The summed E-state index contributed by atoms with van der Waals surface area (Å²) < 4.78 is 2.79. The number of benzene rings is 1. The van der Waals surface area contributed by atoms with Gasteiger partial charge in [-0.3, -0.25) is 4.68 Å². The highest BCUT2D eigenvalue weighted by Gasteiger charge is 2.36. The van der Waals surface area contributed by atoms with Crippen LogP contribution in [0.5, 0.6) is 0 Å². The van der Waals surface area contributed by atoms with Crippen molar-refractivity contribution in [2.24, 2.45) is 12.8 Å². The van der Waals surface area contributed by atoms with Crippen LogP contribution in [0.2, 0.25) is 0 Å². The zero-order valence-corrected chi connectivity index (χ0v) is 10.8. The van der Waals surface area contributed by atoms with Crippen LogP contribution in [0.4, 0.5) is 0 Å². The van der Waals surface area contributed by atoms with E-state index in [0.717, 1.165) is 23.0 Å². The summed E-state index contributed by atoms with van der Waals surface area (Å²) >= 11 is 3.53. The topological polar surface area (TPSA) is 43.8 Å². The summed E-state index contributed by atoms with van der Waals surface area (Å²) in [5.74, 6) is 0. The molecule has 0 bridgehead atoms. The van der Waals surface area contributed by atoms with E-state index in [-0.39, 0.29) is 5.54 Å². The van der Waals surface area contributed by atoms with Gasteiger partial charge >= 0.3 is 0 Å². The summed E-state index contributed by atoms with van der Waals surface area (Å²) in [5, 5.41) is 5.57. The first-order valence-electron chi connectivity index (χ1n) is 5.52. The molecule has 1 aliphatic rings. The summed E-state index contributed by atoms with van der Waals surface area (Å²) in [6.45, 7) is 0. The molecule has 84 valence electrons. The van der Waals surface area contributed by atoms with E-state index < -0.39 is 0 Å². The number of aromatic nitrogens is 2. The molecule has 0 atom stereocenters. The molecule has 0 aliphatic heterocycles. The third-order valence-corrected chi connectivity index (χ3v) is 4.17. The van der Waals surface area contributed by atoms with Gasteiger partial charge in [-0.2, -0.15) is 5.10 Å². The Morgan fingerprint density at radius 3 is 2.81 bits per heavy atom. The van der Waals surface area contributed by atoms with Crippen molar-refractivity contribution in [2.75, 3.05) is 0 Å². The van der Waals surface area contributed by atoms with Crippen LogP contribution in [-0.4, -0.2) is 9.78 Å². The van der Waals surface area contributed by atoms with Gasteiger partial charge in [-0.05, 0) is 46.8 Å². The van der Waals surface area contributed by atoms with Crippen molar-refractivity contribution in [1.29, 1.82) is 0 Å². The highest BCUT2D eigenvalue weighted by Crippen LogP contribution is 2.43. The number of hydrogen-bond donors (Lipinski definition) is 1. The molecule has 16 heavy (non-hydrogen) atoms. The first kappa shape index (κ1) is 10.3. The quantitative estimate of drug-likeness (QED) is 0.872. The van der Waals surface area contributed by atoms with E-state index in [2.05, 4.69) is 39.2 Å². The first-order valence-corrected chi connectivity index (χ1v) is 6.32. The Labute approximate surface area is 103 Å². The average Bonchev–Trinajstić information content (AvgIpc) is 2.52. The Morgan fingerprint density at radius 1 is 1.44 bits per heavy atom. The van der Waals surface area contributed by atoms with Crippen molar-refractivity contribution >= 4 is 26.8 Å². The van der Waals surface area contributed by atoms with Crippen LogP contribution in [0.15, 0.2) is 22.8 Å². The molecule has 1 aromatic carbocycles. The number of aryl methyl sites for hydroxylation is 1. The molecule has 2 aromatic rings. The second kappa shape index (κ2) is 3.31. The maximum Gasteiger partial charge on any atom is 0.136 e. The van der Waals surface area contributed by atoms with Crippen LogP contribution in [0.25, 0.3) is 10.9 Å². The minimum Gasteiger partial charge on any atom is -0.321 e. The van der Waals surface area contributed by atoms with Gasteiger partial charge in [0.05, 0.1) is 5.52 Å². The molecule has 0 amide bonds. The molecule has 3 rings (SSSR count). The predicted octanol–water partition coefficient (Wildman–Crippen LogP) is 2.67. The van der Waals surface area contributed by atoms with Gasteiger partial charge in [0, 0.05) is 18.0 Å². The second-order valence-corrected chi connectivity index (χ2v) is 5.37. The van der Waals surface area contributed by atoms with Gasteiger partial charge in [0.1, 0.15) is 4.60 Å². The maximum atomic E-state index is 6.41. The SMILES string of the molecule is Cn1nc(Br)c2c(C3(N)CCC3)cccc21. The third-order valence-electron chi connectivity index (χ3n) is 3.62. The lowest BCUT2D eigenvalue weighted by Crippen LogP contribution is -2.43. The van der Waals surface area contributed by atoms with E-state index in [9.17, 15) is 0 Å². The summed E-state index contributed by atoms with van der Waals surface area (Å²) in [5.41, 5.74) is 8.65. The molecule has 1 aliphatic carbocycles. The number of nitrogens with zero attached hydrogens (tertiary/aromatic N) is 2. The molecule has 1 saturated carbocycles. The zero-order valence-electron chi connectivity index (χ0n) is 9.20. The first-order chi connectivity index (χ1) is 7.62. The van der Waals surface area contributed by atoms with Gasteiger partial charge in [0.2, 0.25) is 0 Å². The van der Waals surface area contributed by atoms with Gasteiger partial charge in [-0.25, -0.2) is 0 Å². The van der Waals surface area contributed by atoms with Crippen LogP contribution >= 0.6 is 15.9 Å². The summed E-state index contributed by atoms with van der Waals surface area (Å²) in [6.07, 6.45) is 3.38. The van der Waals surface area contributed by atoms with Crippen LogP contribution < -0.4 is 5.73 Å². The van der Waals surface area contributed by atoms with Gasteiger partial charge < -0.3 is 5.73 Å². The van der Waals surface area contributed by atoms with Crippen molar-refractivity contribution in [2.45, 2.75) is 24.8 Å². The lowest BCUT2D eigenvalue weighted by molar-refractivity contribution is 0.256. The smallest absolute Gasteiger partial charge is 0.136 e. The number of halogens is 1. The van der Waals surface area contributed by atoms with Gasteiger partial charge in [-0.1, -0.05) is 12.1 Å². The fourth-order valence-corrected chi connectivity index (χ4v) is 3.16. The summed E-state index contributed by atoms with van der Waals surface area (Å²) in [7, 11) is 1.96. The van der Waals surface area contributed by atoms with E-state index in [4.69, 9.17) is 5.73 Å². The lowest BCUT2D eigenvalue weighted by atomic mass is 9.72. The number of rotatable bonds is 1. The molecular weight excluding hydrogens is 266 g/mol. The number of nitrogens with two attached hydrogens (primary N) is 1. The van der Waals surface area contributed by atoms with Gasteiger partial charge in [0.15, 0.2) is 0 Å². The molecule has 0 radical (unpaired) electrons. The highest BCUT2D eigenvalue weighted by atomic mass is 79.9. The zero-order chi connectivity index (χ0) is 11.3. The van der Waals surface area contributed by atoms with Crippen LogP contribution in [0, 0.1) is 0 Å². The molecule has 0 spiro atoms. The molecule has 4 heteroatoms. The Hall–Kier alpha value is -0.870. The summed E-state index contributed by atoms with van der Waals surface area (Å²) in [6, 6.07) is 6.28. The van der Waals surface area contributed by atoms with Crippen molar-refractivity contribution in [3.8, 4) is 0 Å². The van der Waals surface area contributed by atoms with Crippen molar-refractivity contribution < 1.29 is 0 Å². The molecule has 0 unspecified atom stereocenters. The lowest BCUT2D eigenvalue weighted by Gasteiger charge is -2.39. The molecule has 1 heterocycles. The van der Waals surface area contributed by atoms with Crippen molar-refractivity contribution in [3.63, 3.8) is 0 Å². The average molecular weight is 280 g/mol. The van der Waals surface area contributed by atoms with E-state index in [0.29, 0.717) is 0 Å². The van der Waals surface area contributed by atoms with Crippen LogP contribution in [0.1, 0.15) is 24.8 Å². The Kier molecular flexibility index (Phi) is 2.13. The van der Waals surface area contributed by atoms with E-state index in [1.807, 2.05) is 11.7 Å². The Balaban J connectivity index is 2.32. The Morgan fingerprint density at radius 2 is 2.19 bits per heavy atom. The van der Waals surface area contributed by atoms with Crippen LogP contribution in [-0.2, 0) is 12.6 Å². The molecular formula is C12H14BrN3. The van der Waals surface area contributed by atoms with Crippen LogP contribution in [0.3, 0.4) is 0 Å². The molecule has 1 fully saturated rings. The van der Waals surface area contributed by atoms with Gasteiger partial charge in [0.25, 0.3) is 0 Å². The predicted molar refractivity (Wildman–Crippen MR) is 68.1 cm³/mol. The Bertz CT molecular complexity index is 555. The minimum atomic E-state index is -0.134. The fraction of sp³-hybridized carbons (Fsp3) is 0.417. The van der Waals surface area contributed by atoms with Gasteiger partial charge in [-0.15, -0.1) is 0 Å². The number of fused-ring (bicyclic) bond motifs is 1. The van der Waals surface area contributed by atoms with E-state index in [1.165, 1.54) is 17.4 Å². The fourth-order valence-electron chi connectivity index (χ4n) is 2.50. The largest absolute Gasteiger partial charge is 0.321 e. The second-order valence-electron chi connectivity index (χ2n) is 4.62. The van der Waals surface area contributed by atoms with E-state index >= 15 is 0 Å². The monoisotopic (exact) mass is 279 g/mol. The molecule has 3 nitrogen and oxygen atoms in total. The normalized spacial score (nSPS) is 18.7. The standard InChI is InChI=1S/C12H14BrN3/c1-16-9-5-2-4-8(10(9)11(13)15-16)12(14)6-3-7-12/h2,4-5H,3,6-7,14H2,1H3. The highest BCUT2D eigenvalue weighted by molar-refractivity contribution is 9.10. The molecule has 1 aromatic heterocycles. The molecule has 2 N–H and O–H groups in total. The maximum absolute atomic E-state index is 6.41.